The third-order valence-electron chi connectivity index (χ3n) is 3.69. The summed E-state index contributed by atoms with van der Waals surface area (Å²) in [4.78, 5) is 6.47. The van der Waals surface area contributed by atoms with Gasteiger partial charge in [0.2, 0.25) is 12.2 Å². The van der Waals surface area contributed by atoms with Gasteiger partial charge in [-0.3, -0.25) is 0 Å². The van der Waals surface area contributed by atoms with Crippen LogP contribution >= 0.6 is 0 Å². The first-order chi connectivity index (χ1) is 9.28. The molecule has 0 saturated heterocycles. The van der Waals surface area contributed by atoms with E-state index in [1.807, 2.05) is 0 Å². The second-order valence-corrected chi connectivity index (χ2v) is 5.14. The number of nitrogens with two attached hydrogens (primary N) is 1. The van der Waals surface area contributed by atoms with E-state index in [0.29, 0.717) is 18.4 Å². The molecule has 2 rings (SSSR count). The predicted octanol–water partition coefficient (Wildman–Crippen LogP) is 2.97. The number of alkyl halides is 5. The molecule has 20 heavy (non-hydrogen) atoms. The van der Waals surface area contributed by atoms with Crippen molar-refractivity contribution in [3.8, 4) is 0 Å². The molecule has 1 aliphatic rings. The second kappa shape index (κ2) is 5.23. The van der Waals surface area contributed by atoms with Crippen molar-refractivity contribution in [2.45, 2.75) is 37.8 Å². The van der Waals surface area contributed by atoms with Crippen LogP contribution in [0.25, 0.3) is 0 Å². The third kappa shape index (κ3) is 3.05. The van der Waals surface area contributed by atoms with Crippen LogP contribution in [-0.4, -0.2) is 22.9 Å². The van der Waals surface area contributed by atoms with Crippen molar-refractivity contribution >= 4 is 0 Å². The molecule has 1 heterocycles. The van der Waals surface area contributed by atoms with Gasteiger partial charge in [-0.05, 0) is 37.3 Å². The summed E-state index contributed by atoms with van der Waals surface area (Å²) in [7, 11) is 0. The fourth-order valence-corrected chi connectivity index (χ4v) is 2.20. The molecule has 0 amide bonds. The van der Waals surface area contributed by atoms with Gasteiger partial charge in [0.1, 0.15) is 0 Å². The number of rotatable bonds is 5. The van der Waals surface area contributed by atoms with E-state index in [1.165, 1.54) is 0 Å². The van der Waals surface area contributed by atoms with Crippen molar-refractivity contribution in [3.63, 3.8) is 0 Å². The number of hydrogen-bond donors (Lipinski definition) is 1. The van der Waals surface area contributed by atoms with Gasteiger partial charge in [0.25, 0.3) is 0 Å². The zero-order chi connectivity index (χ0) is 15.0. The first kappa shape index (κ1) is 15.1. The lowest BCUT2D eigenvalue weighted by Crippen LogP contribution is -2.22. The number of hydrogen-bond acceptors (Lipinski definition) is 3. The minimum Gasteiger partial charge on any atom is -0.330 e. The van der Waals surface area contributed by atoms with Crippen LogP contribution in [0.15, 0.2) is 12.4 Å². The summed E-state index contributed by atoms with van der Waals surface area (Å²) in [6, 6.07) is 0. The molecule has 0 aliphatic heterocycles. The summed E-state index contributed by atoms with van der Waals surface area (Å²) in [5.74, 6) is -1.69. The zero-order valence-electron chi connectivity index (χ0n) is 10.5. The Morgan fingerprint density at radius 1 is 1.20 bits per heavy atom. The van der Waals surface area contributed by atoms with E-state index in [1.54, 1.807) is 0 Å². The van der Waals surface area contributed by atoms with Crippen LogP contribution in [0.1, 0.15) is 36.6 Å². The average Bonchev–Trinajstić information content (AvgIpc) is 3.16. The molecular weight excluding hydrogens is 281 g/mol. The van der Waals surface area contributed by atoms with Gasteiger partial charge < -0.3 is 5.73 Å². The van der Waals surface area contributed by atoms with Gasteiger partial charge in [-0.1, -0.05) is 0 Å². The summed E-state index contributed by atoms with van der Waals surface area (Å²) in [5, 5.41) is 0. The van der Waals surface area contributed by atoms with E-state index >= 15 is 0 Å². The van der Waals surface area contributed by atoms with Crippen LogP contribution in [0.2, 0.25) is 0 Å². The van der Waals surface area contributed by atoms with E-state index in [-0.39, 0.29) is 13.0 Å². The van der Waals surface area contributed by atoms with Crippen LogP contribution in [-0.2, 0) is 6.18 Å². The molecule has 0 spiro atoms. The van der Waals surface area contributed by atoms with Crippen molar-refractivity contribution in [2.75, 3.05) is 6.54 Å². The first-order valence-electron chi connectivity index (χ1n) is 6.16. The Hall–Kier alpha value is -1.31. The monoisotopic (exact) mass is 295 g/mol. The summed E-state index contributed by atoms with van der Waals surface area (Å²) >= 11 is 0. The molecule has 112 valence electrons. The maximum Gasteiger partial charge on any atom is 0.451 e. The molecule has 1 aromatic rings. The molecule has 3 nitrogen and oxygen atoms in total. The summed E-state index contributed by atoms with van der Waals surface area (Å²) in [5.41, 5.74) is 4.87. The standard InChI is InChI=1S/C12H14F5N3/c13-9(14)11(1-2-11)3-7(4-18)8-5-19-10(20-6-8)12(15,16)17/h5-7,9H,1-4,18H2. The molecule has 1 unspecified atom stereocenters. The normalized spacial score (nSPS) is 19.1. The maximum atomic E-state index is 12.9. The molecule has 1 fully saturated rings. The van der Waals surface area contributed by atoms with Crippen LogP contribution in [0.4, 0.5) is 22.0 Å². The molecule has 1 atom stereocenters. The lowest BCUT2D eigenvalue weighted by atomic mass is 9.88. The van der Waals surface area contributed by atoms with Crippen molar-refractivity contribution in [1.82, 2.24) is 9.97 Å². The predicted molar refractivity (Wildman–Crippen MR) is 61.1 cm³/mol. The zero-order valence-corrected chi connectivity index (χ0v) is 10.5. The highest BCUT2D eigenvalue weighted by Crippen LogP contribution is 2.56. The summed E-state index contributed by atoms with van der Waals surface area (Å²) in [6.07, 6.45) is -4.02. The average molecular weight is 295 g/mol. The lowest BCUT2D eigenvalue weighted by Gasteiger charge is -2.21. The molecule has 1 aliphatic carbocycles. The van der Waals surface area contributed by atoms with Gasteiger partial charge in [0.05, 0.1) is 0 Å². The molecule has 0 aromatic carbocycles. The fraction of sp³-hybridized carbons (Fsp3) is 0.667. The van der Waals surface area contributed by atoms with Gasteiger partial charge in [-0.15, -0.1) is 0 Å². The number of nitrogens with zero attached hydrogens (tertiary/aromatic N) is 2. The molecule has 0 radical (unpaired) electrons. The highest BCUT2D eigenvalue weighted by atomic mass is 19.4. The maximum absolute atomic E-state index is 12.9. The van der Waals surface area contributed by atoms with Crippen molar-refractivity contribution in [2.24, 2.45) is 11.1 Å². The van der Waals surface area contributed by atoms with E-state index in [9.17, 15) is 22.0 Å². The quantitative estimate of drug-likeness (QED) is 0.850. The molecule has 0 bridgehead atoms. The van der Waals surface area contributed by atoms with Crippen LogP contribution in [0.5, 0.6) is 0 Å². The van der Waals surface area contributed by atoms with E-state index in [0.717, 1.165) is 12.4 Å². The topological polar surface area (TPSA) is 51.8 Å². The van der Waals surface area contributed by atoms with E-state index in [4.69, 9.17) is 5.73 Å². The molecule has 8 heteroatoms. The second-order valence-electron chi connectivity index (χ2n) is 5.14. The van der Waals surface area contributed by atoms with Crippen molar-refractivity contribution in [1.29, 1.82) is 0 Å². The minimum absolute atomic E-state index is 0.0726. The fourth-order valence-electron chi connectivity index (χ4n) is 2.20. The van der Waals surface area contributed by atoms with Crippen LogP contribution < -0.4 is 5.73 Å². The SMILES string of the molecule is NCC(CC1(C(F)F)CC1)c1cnc(C(F)(F)F)nc1. The summed E-state index contributed by atoms with van der Waals surface area (Å²) < 4.78 is 62.8. The lowest BCUT2D eigenvalue weighted by molar-refractivity contribution is -0.145. The van der Waals surface area contributed by atoms with Gasteiger partial charge in [0.15, 0.2) is 0 Å². The highest BCUT2D eigenvalue weighted by molar-refractivity contribution is 5.15. The van der Waals surface area contributed by atoms with Crippen LogP contribution in [0, 0.1) is 5.41 Å². The Balaban J connectivity index is 2.12. The molecule has 1 saturated carbocycles. The molecular formula is C12H14F5N3. The van der Waals surface area contributed by atoms with Gasteiger partial charge in [-0.2, -0.15) is 13.2 Å². The van der Waals surface area contributed by atoms with E-state index in [2.05, 4.69) is 9.97 Å². The molecule has 2 N–H and O–H groups in total. The largest absolute Gasteiger partial charge is 0.451 e. The van der Waals surface area contributed by atoms with Gasteiger partial charge in [0, 0.05) is 17.8 Å². The molecule has 1 aromatic heterocycles. The first-order valence-corrected chi connectivity index (χ1v) is 6.16. The number of halogens is 5. The Kier molecular flexibility index (Phi) is 3.95. The Labute approximate surface area is 112 Å². The van der Waals surface area contributed by atoms with Crippen molar-refractivity contribution < 1.29 is 22.0 Å². The Morgan fingerprint density at radius 3 is 2.10 bits per heavy atom. The third-order valence-corrected chi connectivity index (χ3v) is 3.69. The van der Waals surface area contributed by atoms with E-state index < -0.39 is 29.8 Å². The smallest absolute Gasteiger partial charge is 0.330 e. The highest BCUT2D eigenvalue weighted by Gasteiger charge is 2.51. The van der Waals surface area contributed by atoms with Gasteiger partial charge >= 0.3 is 6.18 Å². The van der Waals surface area contributed by atoms with Crippen molar-refractivity contribution in [3.05, 3.63) is 23.8 Å². The Morgan fingerprint density at radius 2 is 1.75 bits per heavy atom. The Bertz CT molecular complexity index is 453. The minimum atomic E-state index is -4.61. The van der Waals surface area contributed by atoms with Gasteiger partial charge in [-0.25, -0.2) is 18.7 Å². The number of aromatic nitrogens is 2. The summed E-state index contributed by atoms with van der Waals surface area (Å²) in [6.45, 7) is 0.0726. The van der Waals surface area contributed by atoms with Crippen LogP contribution in [0.3, 0.4) is 0 Å².